The molecule has 0 fully saturated rings. The first-order valence-corrected chi connectivity index (χ1v) is 8.01. The van der Waals surface area contributed by atoms with E-state index in [0.717, 1.165) is 10.0 Å². The van der Waals surface area contributed by atoms with Gasteiger partial charge in [0.1, 0.15) is 0 Å². The summed E-state index contributed by atoms with van der Waals surface area (Å²) in [7, 11) is 0. The molecule has 116 valence electrons. The van der Waals surface area contributed by atoms with E-state index in [-0.39, 0.29) is 30.8 Å². The zero-order chi connectivity index (χ0) is 16.2. The third-order valence-electron chi connectivity index (χ3n) is 3.75. The molecule has 0 bridgehead atoms. The van der Waals surface area contributed by atoms with Crippen LogP contribution in [0.1, 0.15) is 32.3 Å². The van der Waals surface area contributed by atoms with Crippen molar-refractivity contribution in [1.82, 2.24) is 15.0 Å². The number of aromatic nitrogens is 3. The van der Waals surface area contributed by atoms with Gasteiger partial charge in [-0.2, -0.15) is 0 Å². The van der Waals surface area contributed by atoms with Crippen LogP contribution < -0.4 is 0 Å². The van der Waals surface area contributed by atoms with Crippen molar-refractivity contribution in [1.29, 1.82) is 0 Å². The number of hydrogen-bond donors (Lipinski definition) is 0. The molecule has 1 heterocycles. The molecule has 1 aromatic heterocycles. The molecule has 0 aliphatic rings. The average molecular weight is 364 g/mol. The first kappa shape index (κ1) is 16.5. The number of carbonyl (C=O) groups is 2. The number of carbonyl (C=O) groups excluding carboxylic acids is 2. The second-order valence-corrected chi connectivity index (χ2v) is 5.98. The molecule has 2 aromatic rings. The second kappa shape index (κ2) is 6.96. The number of ketones is 2. The Labute approximate surface area is 137 Å². The van der Waals surface area contributed by atoms with E-state index in [2.05, 4.69) is 26.2 Å². The Hall–Kier alpha value is -1.82. The molecule has 0 amide bonds. The van der Waals surface area contributed by atoms with Crippen LogP contribution >= 0.6 is 15.9 Å². The fourth-order valence-electron chi connectivity index (χ4n) is 2.58. The molecule has 6 heteroatoms. The Bertz CT molecular complexity index is 635. The third-order valence-corrected chi connectivity index (χ3v) is 4.28. The molecular formula is C16H18BrN3O2. The van der Waals surface area contributed by atoms with E-state index in [9.17, 15) is 9.59 Å². The van der Waals surface area contributed by atoms with Crippen LogP contribution in [0.25, 0.3) is 0 Å². The van der Waals surface area contributed by atoms with Gasteiger partial charge in [0.25, 0.3) is 0 Å². The summed E-state index contributed by atoms with van der Waals surface area (Å²) in [5.41, 5.74) is -0.407. The Morgan fingerprint density at radius 2 is 1.73 bits per heavy atom. The van der Waals surface area contributed by atoms with E-state index in [0.29, 0.717) is 0 Å². The SMILES string of the molecule is CCC(=O)C(Cc1ccc(Br)cc1)(C(=O)CC)n1ccnn1. The number of rotatable bonds is 7. The monoisotopic (exact) mass is 363 g/mol. The second-order valence-electron chi connectivity index (χ2n) is 5.06. The minimum atomic E-state index is -1.31. The topological polar surface area (TPSA) is 64.8 Å². The van der Waals surface area contributed by atoms with Gasteiger partial charge in [-0.3, -0.25) is 9.59 Å². The van der Waals surface area contributed by atoms with Crippen molar-refractivity contribution in [2.45, 2.75) is 38.6 Å². The number of hydrogen-bond acceptors (Lipinski definition) is 4. The number of benzene rings is 1. The molecule has 0 aliphatic heterocycles. The van der Waals surface area contributed by atoms with Crippen LogP contribution in [-0.4, -0.2) is 26.6 Å². The van der Waals surface area contributed by atoms with Crippen LogP contribution in [0.5, 0.6) is 0 Å². The molecular weight excluding hydrogens is 346 g/mol. The highest BCUT2D eigenvalue weighted by Crippen LogP contribution is 2.27. The van der Waals surface area contributed by atoms with Gasteiger partial charge in [-0.15, -0.1) is 5.10 Å². The molecule has 0 saturated heterocycles. The molecule has 0 atom stereocenters. The standard InChI is InChI=1S/C16H18BrN3O2/c1-3-14(21)16(15(22)4-2,20-10-9-18-19-20)11-12-5-7-13(17)8-6-12/h5-10H,3-4,11H2,1-2H3. The van der Waals surface area contributed by atoms with Gasteiger partial charge in [0.05, 0.1) is 6.20 Å². The fraction of sp³-hybridized carbons (Fsp3) is 0.375. The van der Waals surface area contributed by atoms with Gasteiger partial charge in [-0.1, -0.05) is 47.1 Å². The molecule has 0 radical (unpaired) electrons. The van der Waals surface area contributed by atoms with E-state index in [1.807, 2.05) is 24.3 Å². The van der Waals surface area contributed by atoms with Crippen molar-refractivity contribution in [2.75, 3.05) is 0 Å². The van der Waals surface area contributed by atoms with Crippen LogP contribution in [0.4, 0.5) is 0 Å². The summed E-state index contributed by atoms with van der Waals surface area (Å²) in [6.07, 6.45) is 3.88. The largest absolute Gasteiger partial charge is 0.296 e. The average Bonchev–Trinajstić information content (AvgIpc) is 3.07. The predicted molar refractivity (Wildman–Crippen MR) is 86.4 cm³/mol. The fourth-order valence-corrected chi connectivity index (χ4v) is 2.85. The summed E-state index contributed by atoms with van der Waals surface area (Å²) in [4.78, 5) is 25.4. The molecule has 0 saturated carbocycles. The summed E-state index contributed by atoms with van der Waals surface area (Å²) in [5.74, 6) is -0.291. The Morgan fingerprint density at radius 1 is 1.14 bits per heavy atom. The van der Waals surface area contributed by atoms with Crippen LogP contribution in [0.2, 0.25) is 0 Å². The lowest BCUT2D eigenvalue weighted by Gasteiger charge is -2.30. The third kappa shape index (κ3) is 3.02. The van der Waals surface area contributed by atoms with E-state index < -0.39 is 5.54 Å². The summed E-state index contributed by atoms with van der Waals surface area (Å²) in [6.45, 7) is 3.52. The maximum absolute atomic E-state index is 12.7. The predicted octanol–water partition coefficient (Wildman–Crippen LogP) is 2.94. The van der Waals surface area contributed by atoms with Crippen molar-refractivity contribution >= 4 is 27.5 Å². The Kier molecular flexibility index (Phi) is 5.24. The molecule has 22 heavy (non-hydrogen) atoms. The maximum Gasteiger partial charge on any atom is 0.184 e. The highest BCUT2D eigenvalue weighted by molar-refractivity contribution is 9.10. The normalized spacial score (nSPS) is 11.4. The van der Waals surface area contributed by atoms with Crippen molar-refractivity contribution in [3.05, 3.63) is 46.7 Å². The number of Topliss-reactive ketones (excluding diaryl/α,β-unsaturated/α-hetero) is 2. The van der Waals surface area contributed by atoms with Crippen molar-refractivity contribution < 1.29 is 9.59 Å². The maximum atomic E-state index is 12.7. The van der Waals surface area contributed by atoms with Gasteiger partial charge in [-0.05, 0) is 17.7 Å². The Balaban J connectivity index is 2.54. The van der Waals surface area contributed by atoms with Gasteiger partial charge in [0.15, 0.2) is 17.1 Å². The molecule has 0 spiro atoms. The van der Waals surface area contributed by atoms with Gasteiger partial charge in [0.2, 0.25) is 0 Å². The van der Waals surface area contributed by atoms with Crippen molar-refractivity contribution in [3.63, 3.8) is 0 Å². The lowest BCUT2D eigenvalue weighted by molar-refractivity contribution is -0.140. The van der Waals surface area contributed by atoms with E-state index in [1.165, 1.54) is 10.9 Å². The minimum absolute atomic E-state index is 0.146. The molecule has 0 unspecified atom stereocenters. The van der Waals surface area contributed by atoms with Gasteiger partial charge >= 0.3 is 0 Å². The van der Waals surface area contributed by atoms with Gasteiger partial charge in [-0.25, -0.2) is 4.68 Å². The first-order valence-electron chi connectivity index (χ1n) is 7.22. The summed E-state index contributed by atoms with van der Waals surface area (Å²) >= 11 is 3.39. The quantitative estimate of drug-likeness (QED) is 0.709. The van der Waals surface area contributed by atoms with Crippen LogP contribution in [0, 0.1) is 0 Å². The first-order chi connectivity index (χ1) is 10.5. The number of nitrogens with zero attached hydrogens (tertiary/aromatic N) is 3. The van der Waals surface area contributed by atoms with Crippen LogP contribution in [0.3, 0.4) is 0 Å². The molecule has 2 rings (SSSR count). The zero-order valence-electron chi connectivity index (χ0n) is 12.6. The smallest absolute Gasteiger partial charge is 0.184 e. The van der Waals surface area contributed by atoms with Gasteiger partial charge < -0.3 is 0 Å². The number of halogens is 1. The molecule has 0 aliphatic carbocycles. The summed E-state index contributed by atoms with van der Waals surface area (Å²) in [5, 5.41) is 7.73. The van der Waals surface area contributed by atoms with Crippen LogP contribution in [-0.2, 0) is 21.5 Å². The minimum Gasteiger partial charge on any atom is -0.296 e. The van der Waals surface area contributed by atoms with Crippen molar-refractivity contribution in [2.24, 2.45) is 0 Å². The summed E-state index contributed by atoms with van der Waals surface area (Å²) in [6, 6.07) is 7.60. The van der Waals surface area contributed by atoms with E-state index in [4.69, 9.17) is 0 Å². The molecule has 5 nitrogen and oxygen atoms in total. The van der Waals surface area contributed by atoms with Crippen LogP contribution in [0.15, 0.2) is 41.1 Å². The summed E-state index contributed by atoms with van der Waals surface area (Å²) < 4.78 is 2.36. The lowest BCUT2D eigenvalue weighted by atomic mass is 9.80. The Morgan fingerprint density at radius 3 is 2.18 bits per heavy atom. The van der Waals surface area contributed by atoms with Crippen molar-refractivity contribution in [3.8, 4) is 0 Å². The zero-order valence-corrected chi connectivity index (χ0v) is 14.2. The molecule has 0 N–H and O–H groups in total. The molecule has 1 aromatic carbocycles. The highest BCUT2D eigenvalue weighted by Gasteiger charge is 2.46. The van der Waals surface area contributed by atoms with Gasteiger partial charge in [0, 0.05) is 29.9 Å². The lowest BCUT2D eigenvalue weighted by Crippen LogP contribution is -2.51. The highest BCUT2D eigenvalue weighted by atomic mass is 79.9. The van der Waals surface area contributed by atoms with E-state index in [1.54, 1.807) is 20.0 Å². The van der Waals surface area contributed by atoms with E-state index >= 15 is 0 Å².